The lowest BCUT2D eigenvalue weighted by Gasteiger charge is -2.15. The van der Waals surface area contributed by atoms with Crippen molar-refractivity contribution in [1.82, 2.24) is 0 Å². The normalized spacial score (nSPS) is 12.8. The molecule has 0 bridgehead atoms. The van der Waals surface area contributed by atoms with Gasteiger partial charge < -0.3 is 15.2 Å². The average molecular weight is 323 g/mol. The Morgan fingerprint density at radius 2 is 2.18 bits per heavy atom. The molecule has 0 aromatic heterocycles. The van der Waals surface area contributed by atoms with E-state index in [0.717, 1.165) is 10.2 Å². The largest absolute Gasteiger partial charge is 0.389 e. The molecule has 1 unspecified atom stereocenters. The Labute approximate surface area is 115 Å². The van der Waals surface area contributed by atoms with Crippen LogP contribution < -0.4 is 5.32 Å². The molecule has 0 aliphatic carbocycles. The van der Waals surface area contributed by atoms with Gasteiger partial charge in [-0.3, -0.25) is 0 Å². The predicted molar refractivity (Wildman–Crippen MR) is 74.7 cm³/mol. The molecule has 0 saturated heterocycles. The molecule has 0 heterocycles. The number of ether oxygens (including phenoxy) is 1. The summed E-state index contributed by atoms with van der Waals surface area (Å²) in [7, 11) is 0. The smallest absolute Gasteiger partial charge is 0.0945 e. The second kappa shape index (κ2) is 7.21. The highest BCUT2D eigenvalue weighted by Crippen LogP contribution is 2.29. The maximum atomic E-state index is 9.68. The summed E-state index contributed by atoms with van der Waals surface area (Å²) in [5, 5.41) is 13.4. The van der Waals surface area contributed by atoms with Crippen molar-refractivity contribution in [3.63, 3.8) is 0 Å². The van der Waals surface area contributed by atoms with Crippen LogP contribution in [0.5, 0.6) is 0 Å². The van der Waals surface area contributed by atoms with Crippen LogP contribution in [-0.2, 0) is 4.74 Å². The van der Waals surface area contributed by atoms with Crippen molar-refractivity contribution in [2.24, 2.45) is 0 Å². The first kappa shape index (κ1) is 14.8. The molecule has 0 amide bonds. The van der Waals surface area contributed by atoms with Crippen LogP contribution in [0.1, 0.15) is 13.8 Å². The van der Waals surface area contributed by atoms with Gasteiger partial charge in [0.2, 0.25) is 0 Å². The molecular formula is C12H17BrClNO2. The van der Waals surface area contributed by atoms with Crippen molar-refractivity contribution >= 4 is 33.2 Å². The number of nitrogens with one attached hydrogen (secondary N) is 1. The number of hydrogen-bond donors (Lipinski definition) is 2. The standard InChI is InChI=1S/C12H17BrClNO2/c1-8(2)17-7-9(16)6-15-11-5-3-4-10(14)12(11)13/h3-5,8-9,15-16H,6-7H2,1-2H3. The Balaban J connectivity index is 2.42. The van der Waals surface area contributed by atoms with Crippen molar-refractivity contribution in [3.05, 3.63) is 27.7 Å². The predicted octanol–water partition coefficient (Wildman–Crippen LogP) is 3.30. The van der Waals surface area contributed by atoms with E-state index in [4.69, 9.17) is 16.3 Å². The molecule has 1 atom stereocenters. The Bertz CT molecular complexity index is 360. The van der Waals surface area contributed by atoms with Crippen LogP contribution in [0, 0.1) is 0 Å². The molecule has 0 radical (unpaired) electrons. The van der Waals surface area contributed by atoms with E-state index < -0.39 is 6.10 Å². The van der Waals surface area contributed by atoms with Gasteiger partial charge >= 0.3 is 0 Å². The number of hydrogen-bond acceptors (Lipinski definition) is 3. The lowest BCUT2D eigenvalue weighted by atomic mass is 10.3. The maximum absolute atomic E-state index is 9.68. The van der Waals surface area contributed by atoms with E-state index in [1.807, 2.05) is 26.0 Å². The first-order valence-electron chi connectivity index (χ1n) is 5.48. The van der Waals surface area contributed by atoms with Crippen LogP contribution in [0.25, 0.3) is 0 Å². The molecular weight excluding hydrogens is 305 g/mol. The number of halogens is 2. The molecule has 17 heavy (non-hydrogen) atoms. The van der Waals surface area contributed by atoms with E-state index in [9.17, 15) is 5.11 Å². The molecule has 0 aliphatic rings. The zero-order valence-corrected chi connectivity index (χ0v) is 12.3. The minimum Gasteiger partial charge on any atom is -0.389 e. The third-order valence-corrected chi connectivity index (χ3v) is 3.50. The topological polar surface area (TPSA) is 41.5 Å². The number of anilines is 1. The number of rotatable bonds is 6. The van der Waals surface area contributed by atoms with Crippen molar-refractivity contribution in [1.29, 1.82) is 0 Å². The Hall–Kier alpha value is -0.290. The van der Waals surface area contributed by atoms with E-state index in [1.54, 1.807) is 6.07 Å². The van der Waals surface area contributed by atoms with Crippen LogP contribution in [0.2, 0.25) is 5.02 Å². The van der Waals surface area contributed by atoms with E-state index in [2.05, 4.69) is 21.2 Å². The lowest BCUT2D eigenvalue weighted by Crippen LogP contribution is -2.26. The molecule has 0 spiro atoms. The van der Waals surface area contributed by atoms with Crippen molar-refractivity contribution < 1.29 is 9.84 Å². The minimum absolute atomic E-state index is 0.127. The third-order valence-electron chi connectivity index (χ3n) is 2.10. The van der Waals surface area contributed by atoms with Gasteiger partial charge in [-0.1, -0.05) is 17.7 Å². The number of benzene rings is 1. The minimum atomic E-state index is -0.539. The molecule has 1 aromatic rings. The zero-order chi connectivity index (χ0) is 12.8. The monoisotopic (exact) mass is 321 g/mol. The first-order valence-corrected chi connectivity index (χ1v) is 6.65. The first-order chi connectivity index (χ1) is 8.00. The summed E-state index contributed by atoms with van der Waals surface area (Å²) in [5.41, 5.74) is 0.862. The summed E-state index contributed by atoms with van der Waals surface area (Å²) in [5.74, 6) is 0. The highest BCUT2D eigenvalue weighted by atomic mass is 79.9. The summed E-state index contributed by atoms with van der Waals surface area (Å²) in [4.78, 5) is 0. The van der Waals surface area contributed by atoms with Crippen molar-refractivity contribution in [2.75, 3.05) is 18.5 Å². The van der Waals surface area contributed by atoms with Gasteiger partial charge in [0.05, 0.1) is 34.0 Å². The molecule has 5 heteroatoms. The SMILES string of the molecule is CC(C)OCC(O)CNc1cccc(Cl)c1Br. The third kappa shape index (κ3) is 5.25. The molecule has 1 aromatic carbocycles. The van der Waals surface area contributed by atoms with Gasteiger partial charge in [0.1, 0.15) is 0 Å². The van der Waals surface area contributed by atoms with Crippen LogP contribution in [-0.4, -0.2) is 30.5 Å². The lowest BCUT2D eigenvalue weighted by molar-refractivity contribution is 0.0112. The fraction of sp³-hybridized carbons (Fsp3) is 0.500. The van der Waals surface area contributed by atoms with E-state index >= 15 is 0 Å². The number of aliphatic hydroxyl groups is 1. The fourth-order valence-electron chi connectivity index (χ4n) is 1.23. The van der Waals surface area contributed by atoms with Crippen LogP contribution >= 0.6 is 27.5 Å². The molecule has 0 saturated carbocycles. The molecule has 0 fully saturated rings. The van der Waals surface area contributed by atoms with Crippen molar-refractivity contribution in [3.8, 4) is 0 Å². The molecule has 96 valence electrons. The average Bonchev–Trinajstić information content (AvgIpc) is 2.28. The summed E-state index contributed by atoms with van der Waals surface area (Å²) in [6.07, 6.45) is -0.411. The van der Waals surface area contributed by atoms with Gasteiger partial charge in [0.25, 0.3) is 0 Å². The van der Waals surface area contributed by atoms with Gasteiger partial charge in [-0.15, -0.1) is 0 Å². The maximum Gasteiger partial charge on any atom is 0.0945 e. The Kier molecular flexibility index (Phi) is 6.27. The Morgan fingerprint density at radius 1 is 1.47 bits per heavy atom. The summed E-state index contributed by atoms with van der Waals surface area (Å²) in [6, 6.07) is 5.55. The van der Waals surface area contributed by atoms with E-state index in [1.165, 1.54) is 0 Å². The van der Waals surface area contributed by atoms with E-state index in [-0.39, 0.29) is 6.10 Å². The van der Waals surface area contributed by atoms with Gasteiger partial charge in [0.15, 0.2) is 0 Å². The molecule has 0 aliphatic heterocycles. The zero-order valence-electron chi connectivity index (χ0n) is 9.91. The van der Waals surface area contributed by atoms with Crippen molar-refractivity contribution in [2.45, 2.75) is 26.1 Å². The highest BCUT2D eigenvalue weighted by Gasteiger charge is 2.08. The summed E-state index contributed by atoms with van der Waals surface area (Å²) in [6.45, 7) is 4.62. The van der Waals surface area contributed by atoms with Gasteiger partial charge in [-0.05, 0) is 41.9 Å². The second-order valence-corrected chi connectivity index (χ2v) is 5.22. The highest BCUT2D eigenvalue weighted by molar-refractivity contribution is 9.10. The summed E-state index contributed by atoms with van der Waals surface area (Å²) >= 11 is 9.34. The molecule has 2 N–H and O–H groups in total. The fourth-order valence-corrected chi connectivity index (χ4v) is 1.81. The second-order valence-electron chi connectivity index (χ2n) is 4.02. The molecule has 3 nitrogen and oxygen atoms in total. The van der Waals surface area contributed by atoms with Crippen LogP contribution in [0.3, 0.4) is 0 Å². The van der Waals surface area contributed by atoms with Crippen LogP contribution in [0.4, 0.5) is 5.69 Å². The van der Waals surface area contributed by atoms with Gasteiger partial charge in [-0.25, -0.2) is 0 Å². The number of aliphatic hydroxyl groups excluding tert-OH is 1. The molecule has 1 rings (SSSR count). The van der Waals surface area contributed by atoms with E-state index in [0.29, 0.717) is 18.2 Å². The van der Waals surface area contributed by atoms with Crippen LogP contribution in [0.15, 0.2) is 22.7 Å². The Morgan fingerprint density at radius 3 is 2.82 bits per heavy atom. The summed E-state index contributed by atoms with van der Waals surface area (Å²) < 4.78 is 6.12. The van der Waals surface area contributed by atoms with Gasteiger partial charge in [-0.2, -0.15) is 0 Å². The van der Waals surface area contributed by atoms with Gasteiger partial charge in [0, 0.05) is 6.54 Å². The quantitative estimate of drug-likeness (QED) is 0.844.